The van der Waals surface area contributed by atoms with Crippen molar-refractivity contribution in [3.05, 3.63) is 58.4 Å². The van der Waals surface area contributed by atoms with E-state index in [1.165, 1.54) is 18.2 Å². The van der Waals surface area contributed by atoms with Crippen LogP contribution in [0, 0.1) is 10.1 Å². The molecule has 72 valence electrons. The zero-order chi connectivity index (χ0) is 10.6. The topological polar surface area (TPSA) is 63.4 Å². The minimum absolute atomic E-state index is 0.00463. The number of nitrogens with zero attached hydrogens (tertiary/aromatic N) is 1. The highest BCUT2D eigenvalue weighted by Crippen LogP contribution is 2.19. The minimum atomic E-state index is -0.472. The first-order valence-electron chi connectivity index (χ1n) is 3.90. The molecule has 0 aliphatic carbocycles. The first-order valence-corrected chi connectivity index (χ1v) is 3.90. The summed E-state index contributed by atoms with van der Waals surface area (Å²) in [7, 11) is 0. The van der Waals surface area contributed by atoms with Crippen LogP contribution in [0.3, 0.4) is 0 Å². The lowest BCUT2D eigenvalue weighted by molar-refractivity contribution is -0.385. The lowest BCUT2D eigenvalue weighted by atomic mass is 10.1. The zero-order valence-electron chi connectivity index (χ0n) is 7.38. The van der Waals surface area contributed by atoms with Crippen LogP contribution < -0.4 is 0 Å². The average molecular weight is 191 g/mol. The van der Waals surface area contributed by atoms with Gasteiger partial charge in [-0.05, 0) is 18.2 Å². The fourth-order valence-corrected chi connectivity index (χ4v) is 0.981. The highest BCUT2D eigenvalue weighted by atomic mass is 16.6. The third-order valence-corrected chi connectivity index (χ3v) is 1.59. The van der Waals surface area contributed by atoms with Gasteiger partial charge in [0.1, 0.15) is 5.76 Å². The quantitative estimate of drug-likeness (QED) is 0.345. The van der Waals surface area contributed by atoms with Crippen molar-refractivity contribution >= 4 is 11.8 Å². The molecule has 1 aromatic rings. The molecule has 0 fully saturated rings. The van der Waals surface area contributed by atoms with E-state index in [1.54, 1.807) is 18.2 Å². The number of aliphatic hydroxyl groups is 1. The fourth-order valence-electron chi connectivity index (χ4n) is 0.981. The van der Waals surface area contributed by atoms with E-state index in [9.17, 15) is 10.1 Å². The van der Waals surface area contributed by atoms with Crippen molar-refractivity contribution < 1.29 is 10.0 Å². The Morgan fingerprint density at radius 1 is 1.50 bits per heavy atom. The van der Waals surface area contributed by atoms with Crippen molar-refractivity contribution in [3.8, 4) is 0 Å². The van der Waals surface area contributed by atoms with E-state index >= 15 is 0 Å². The van der Waals surface area contributed by atoms with E-state index in [4.69, 9.17) is 5.11 Å². The molecule has 4 heteroatoms. The van der Waals surface area contributed by atoms with Crippen LogP contribution in [0.1, 0.15) is 5.56 Å². The van der Waals surface area contributed by atoms with Crippen LogP contribution in [0.2, 0.25) is 0 Å². The van der Waals surface area contributed by atoms with Gasteiger partial charge in [-0.15, -0.1) is 0 Å². The van der Waals surface area contributed by atoms with Gasteiger partial charge in [-0.1, -0.05) is 18.7 Å². The second-order valence-electron chi connectivity index (χ2n) is 2.64. The molecule has 1 N–H and O–H groups in total. The Morgan fingerprint density at radius 2 is 2.14 bits per heavy atom. The lowest BCUT2D eigenvalue weighted by Gasteiger charge is -1.95. The molecule has 0 spiro atoms. The van der Waals surface area contributed by atoms with E-state index in [-0.39, 0.29) is 11.4 Å². The number of hydrogen-bond acceptors (Lipinski definition) is 3. The molecular formula is C10H9NO3. The van der Waals surface area contributed by atoms with E-state index in [0.717, 1.165) is 0 Å². The minimum Gasteiger partial charge on any atom is -0.509 e. The maximum absolute atomic E-state index is 10.6. The van der Waals surface area contributed by atoms with Crippen LogP contribution in [-0.4, -0.2) is 10.0 Å². The van der Waals surface area contributed by atoms with Gasteiger partial charge in [-0.25, -0.2) is 0 Å². The number of rotatable bonds is 3. The number of benzene rings is 1. The van der Waals surface area contributed by atoms with E-state index in [2.05, 4.69) is 6.58 Å². The van der Waals surface area contributed by atoms with Gasteiger partial charge in [-0.3, -0.25) is 10.1 Å². The Hall–Kier alpha value is -2.10. The molecule has 0 bridgehead atoms. The predicted molar refractivity (Wildman–Crippen MR) is 53.9 cm³/mol. The zero-order valence-corrected chi connectivity index (χ0v) is 7.38. The molecule has 1 rings (SSSR count). The summed E-state index contributed by atoms with van der Waals surface area (Å²) in [6, 6.07) is 6.27. The molecule has 14 heavy (non-hydrogen) atoms. The van der Waals surface area contributed by atoms with Gasteiger partial charge in [0.2, 0.25) is 0 Å². The largest absolute Gasteiger partial charge is 0.509 e. The summed E-state index contributed by atoms with van der Waals surface area (Å²) < 4.78 is 0. The van der Waals surface area contributed by atoms with Gasteiger partial charge < -0.3 is 5.11 Å². The molecule has 0 radical (unpaired) electrons. The van der Waals surface area contributed by atoms with Gasteiger partial charge in [0.15, 0.2) is 0 Å². The molecule has 0 aromatic heterocycles. The van der Waals surface area contributed by atoms with E-state index < -0.39 is 4.92 Å². The van der Waals surface area contributed by atoms with Crippen molar-refractivity contribution in [2.75, 3.05) is 0 Å². The van der Waals surface area contributed by atoms with E-state index in [1.807, 2.05) is 0 Å². The van der Waals surface area contributed by atoms with Crippen LogP contribution in [0.15, 0.2) is 42.7 Å². The second-order valence-corrected chi connectivity index (χ2v) is 2.64. The lowest BCUT2D eigenvalue weighted by Crippen LogP contribution is -1.90. The van der Waals surface area contributed by atoms with Crippen LogP contribution in [0.25, 0.3) is 6.08 Å². The normalized spacial score (nSPS) is 10.3. The fraction of sp³-hybridized carbons (Fsp3) is 0. The Kier molecular flexibility index (Phi) is 3.01. The second kappa shape index (κ2) is 4.23. The first-order chi connectivity index (χ1) is 6.61. The monoisotopic (exact) mass is 191 g/mol. The van der Waals surface area contributed by atoms with Crippen molar-refractivity contribution in [2.45, 2.75) is 0 Å². The molecule has 0 aliphatic rings. The van der Waals surface area contributed by atoms with Crippen LogP contribution >= 0.6 is 0 Å². The smallest absolute Gasteiger partial charge is 0.276 e. The summed E-state index contributed by atoms with van der Waals surface area (Å²) in [5, 5.41) is 19.3. The Morgan fingerprint density at radius 3 is 2.71 bits per heavy atom. The van der Waals surface area contributed by atoms with Crippen molar-refractivity contribution in [3.63, 3.8) is 0 Å². The summed E-state index contributed by atoms with van der Waals surface area (Å²) in [5.74, 6) is -0.136. The molecule has 0 atom stereocenters. The Bertz CT molecular complexity index is 396. The third-order valence-electron chi connectivity index (χ3n) is 1.59. The van der Waals surface area contributed by atoms with E-state index in [0.29, 0.717) is 5.56 Å². The standard InChI is InChI=1S/C10H9NO3/c1-8(12)6-7-9-4-2-3-5-10(9)11(13)14/h2-7,12H,1H2/b7-6+. The summed E-state index contributed by atoms with van der Waals surface area (Å²) >= 11 is 0. The van der Waals surface area contributed by atoms with Gasteiger partial charge in [0, 0.05) is 6.07 Å². The molecule has 0 heterocycles. The number of nitro groups is 1. The molecule has 0 aliphatic heterocycles. The van der Waals surface area contributed by atoms with Gasteiger partial charge in [-0.2, -0.15) is 0 Å². The van der Waals surface area contributed by atoms with Crippen LogP contribution in [0.4, 0.5) is 5.69 Å². The van der Waals surface area contributed by atoms with Crippen molar-refractivity contribution in [2.24, 2.45) is 0 Å². The average Bonchev–Trinajstić information content (AvgIpc) is 2.15. The highest BCUT2D eigenvalue weighted by Gasteiger charge is 2.08. The molecule has 1 aromatic carbocycles. The maximum Gasteiger partial charge on any atom is 0.276 e. The molecule has 0 saturated heterocycles. The SMILES string of the molecule is C=C(O)/C=C/c1ccccc1[N+](=O)[O-]. The maximum atomic E-state index is 10.6. The molecule has 4 nitrogen and oxygen atoms in total. The molecule has 0 amide bonds. The summed E-state index contributed by atoms with van der Waals surface area (Å²) in [6.07, 6.45) is 2.75. The number of hydrogen-bond donors (Lipinski definition) is 1. The molecule has 0 unspecified atom stereocenters. The number of aliphatic hydroxyl groups excluding tert-OH is 1. The van der Waals surface area contributed by atoms with Crippen molar-refractivity contribution in [1.29, 1.82) is 0 Å². The molecular weight excluding hydrogens is 182 g/mol. The Labute approximate surface area is 81.0 Å². The molecule has 0 saturated carbocycles. The number of nitro benzene ring substituents is 1. The van der Waals surface area contributed by atoms with Crippen LogP contribution in [-0.2, 0) is 0 Å². The van der Waals surface area contributed by atoms with Crippen LogP contribution in [0.5, 0.6) is 0 Å². The highest BCUT2D eigenvalue weighted by molar-refractivity contribution is 5.61. The first kappa shape index (κ1) is 9.98. The third kappa shape index (κ3) is 2.45. The number of allylic oxidation sites excluding steroid dienone is 1. The van der Waals surface area contributed by atoms with Gasteiger partial charge in [0.25, 0.3) is 5.69 Å². The summed E-state index contributed by atoms with van der Waals surface area (Å²) in [4.78, 5) is 10.1. The number of para-hydroxylation sites is 1. The summed E-state index contributed by atoms with van der Waals surface area (Å²) in [6.45, 7) is 3.24. The predicted octanol–water partition coefficient (Wildman–Crippen LogP) is 2.68. The Balaban J connectivity index is 3.07. The van der Waals surface area contributed by atoms with Crippen molar-refractivity contribution in [1.82, 2.24) is 0 Å². The van der Waals surface area contributed by atoms with Gasteiger partial charge in [0.05, 0.1) is 10.5 Å². The van der Waals surface area contributed by atoms with Gasteiger partial charge >= 0.3 is 0 Å². The summed E-state index contributed by atoms with van der Waals surface area (Å²) in [5.41, 5.74) is 0.442.